The molecule has 0 rings (SSSR count). The molecule has 0 heterocycles. The first kappa shape index (κ1) is 9.69. The van der Waals surface area contributed by atoms with Crippen LogP contribution >= 0.6 is 15.9 Å². The molecule has 0 bridgehead atoms. The lowest BCUT2D eigenvalue weighted by Crippen LogP contribution is -2.18. The standard InChI is InChI=1S/C7H11BrO2/c1-5(2)7(4-8)10-6(3)9/h7H,1,4H2,2-3H3/t7-/m1/s1. The van der Waals surface area contributed by atoms with Crippen molar-refractivity contribution in [2.24, 2.45) is 0 Å². The van der Waals surface area contributed by atoms with Crippen molar-refractivity contribution in [3.8, 4) is 0 Å². The lowest BCUT2D eigenvalue weighted by Gasteiger charge is -2.12. The van der Waals surface area contributed by atoms with Gasteiger partial charge >= 0.3 is 5.97 Å². The van der Waals surface area contributed by atoms with Gasteiger partial charge in [-0.1, -0.05) is 22.5 Å². The smallest absolute Gasteiger partial charge is 0.303 e. The topological polar surface area (TPSA) is 26.3 Å². The van der Waals surface area contributed by atoms with Gasteiger partial charge in [0, 0.05) is 12.3 Å². The molecule has 0 spiro atoms. The zero-order valence-corrected chi connectivity index (χ0v) is 7.77. The number of carbonyl (C=O) groups excluding carboxylic acids is 1. The Morgan fingerprint density at radius 3 is 2.30 bits per heavy atom. The summed E-state index contributed by atoms with van der Waals surface area (Å²) in [6, 6.07) is 0. The number of rotatable bonds is 3. The van der Waals surface area contributed by atoms with E-state index in [0.717, 1.165) is 5.57 Å². The van der Waals surface area contributed by atoms with Crippen LogP contribution in [-0.4, -0.2) is 17.4 Å². The fourth-order valence-electron chi connectivity index (χ4n) is 0.464. The molecule has 58 valence electrons. The second kappa shape index (κ2) is 4.50. The molecule has 0 aliphatic heterocycles. The predicted molar refractivity (Wildman–Crippen MR) is 44.2 cm³/mol. The molecule has 10 heavy (non-hydrogen) atoms. The summed E-state index contributed by atoms with van der Waals surface area (Å²) in [7, 11) is 0. The van der Waals surface area contributed by atoms with E-state index in [1.54, 1.807) is 0 Å². The Morgan fingerprint density at radius 2 is 2.20 bits per heavy atom. The largest absolute Gasteiger partial charge is 0.457 e. The molecule has 0 radical (unpaired) electrons. The van der Waals surface area contributed by atoms with Crippen LogP contribution in [0, 0.1) is 0 Å². The van der Waals surface area contributed by atoms with Gasteiger partial charge in [-0.05, 0) is 12.5 Å². The van der Waals surface area contributed by atoms with Crippen molar-refractivity contribution in [2.45, 2.75) is 20.0 Å². The lowest BCUT2D eigenvalue weighted by molar-refractivity contribution is -0.143. The number of halogens is 1. The van der Waals surface area contributed by atoms with Crippen molar-refractivity contribution >= 4 is 21.9 Å². The number of ether oxygens (including phenoxy) is 1. The molecule has 0 unspecified atom stereocenters. The molecule has 0 saturated heterocycles. The van der Waals surface area contributed by atoms with E-state index in [9.17, 15) is 4.79 Å². The molecular formula is C7H11BrO2. The summed E-state index contributed by atoms with van der Waals surface area (Å²) in [5, 5.41) is 0.613. The summed E-state index contributed by atoms with van der Waals surface area (Å²) in [5.41, 5.74) is 0.854. The van der Waals surface area contributed by atoms with Gasteiger partial charge in [0.2, 0.25) is 0 Å². The third-order valence-electron chi connectivity index (χ3n) is 0.998. The lowest BCUT2D eigenvalue weighted by atomic mass is 10.2. The van der Waals surface area contributed by atoms with Crippen molar-refractivity contribution in [2.75, 3.05) is 5.33 Å². The quantitative estimate of drug-likeness (QED) is 0.401. The number of hydrogen-bond donors (Lipinski definition) is 0. The average molecular weight is 207 g/mol. The van der Waals surface area contributed by atoms with Gasteiger partial charge in [0.05, 0.1) is 0 Å². The SMILES string of the molecule is C=C(C)[C@@H](CBr)OC(C)=O. The highest BCUT2D eigenvalue weighted by atomic mass is 79.9. The first-order chi connectivity index (χ1) is 4.57. The van der Waals surface area contributed by atoms with Gasteiger partial charge in [-0.2, -0.15) is 0 Å². The van der Waals surface area contributed by atoms with Crippen molar-refractivity contribution in [3.63, 3.8) is 0 Å². The number of esters is 1. The maximum atomic E-state index is 10.4. The minimum atomic E-state index is -0.271. The third kappa shape index (κ3) is 3.67. The zero-order valence-electron chi connectivity index (χ0n) is 6.19. The molecule has 0 aromatic heterocycles. The highest BCUT2D eigenvalue weighted by Crippen LogP contribution is 2.06. The minimum Gasteiger partial charge on any atom is -0.457 e. The summed E-state index contributed by atoms with van der Waals surface area (Å²) >= 11 is 3.21. The second-order valence-corrected chi connectivity index (χ2v) is 2.75. The molecule has 0 aromatic carbocycles. The van der Waals surface area contributed by atoms with Crippen molar-refractivity contribution in [1.29, 1.82) is 0 Å². The molecule has 0 N–H and O–H groups in total. The van der Waals surface area contributed by atoms with E-state index < -0.39 is 0 Å². The fraction of sp³-hybridized carbons (Fsp3) is 0.571. The minimum absolute atomic E-state index is 0.183. The van der Waals surface area contributed by atoms with Gasteiger partial charge in [0.15, 0.2) is 0 Å². The van der Waals surface area contributed by atoms with Crippen LogP contribution < -0.4 is 0 Å². The van der Waals surface area contributed by atoms with E-state index in [0.29, 0.717) is 5.33 Å². The second-order valence-electron chi connectivity index (χ2n) is 2.10. The molecule has 0 aliphatic carbocycles. The Hall–Kier alpha value is -0.310. The van der Waals surface area contributed by atoms with Crippen LogP contribution in [0.25, 0.3) is 0 Å². The van der Waals surface area contributed by atoms with E-state index in [1.165, 1.54) is 6.92 Å². The van der Waals surface area contributed by atoms with Gasteiger partial charge in [-0.25, -0.2) is 0 Å². The Kier molecular flexibility index (Phi) is 4.36. The normalized spacial score (nSPS) is 12.3. The maximum Gasteiger partial charge on any atom is 0.303 e. The number of hydrogen-bond acceptors (Lipinski definition) is 2. The van der Waals surface area contributed by atoms with Crippen LogP contribution in [0.1, 0.15) is 13.8 Å². The molecule has 2 nitrogen and oxygen atoms in total. The van der Waals surface area contributed by atoms with Crippen LogP contribution in [0.4, 0.5) is 0 Å². The Balaban J connectivity index is 3.83. The van der Waals surface area contributed by atoms with Gasteiger partial charge in [0.1, 0.15) is 6.10 Å². The third-order valence-corrected chi connectivity index (χ3v) is 1.59. The van der Waals surface area contributed by atoms with E-state index in [-0.39, 0.29) is 12.1 Å². The predicted octanol–water partition coefficient (Wildman–Crippen LogP) is 1.89. The number of carbonyl (C=O) groups is 1. The maximum absolute atomic E-state index is 10.4. The zero-order chi connectivity index (χ0) is 8.15. The van der Waals surface area contributed by atoms with Gasteiger partial charge in [-0.15, -0.1) is 0 Å². The van der Waals surface area contributed by atoms with Gasteiger partial charge in [0.25, 0.3) is 0 Å². The monoisotopic (exact) mass is 206 g/mol. The Labute approximate surface area is 69.4 Å². The molecule has 3 heteroatoms. The van der Waals surface area contributed by atoms with Gasteiger partial charge in [-0.3, -0.25) is 4.79 Å². The summed E-state index contributed by atoms with van der Waals surface area (Å²) in [5.74, 6) is -0.271. The molecule has 0 aliphatic rings. The van der Waals surface area contributed by atoms with Gasteiger partial charge < -0.3 is 4.74 Å². The van der Waals surface area contributed by atoms with E-state index >= 15 is 0 Å². The molecule has 0 amide bonds. The first-order valence-electron chi connectivity index (χ1n) is 2.96. The van der Waals surface area contributed by atoms with Crippen LogP contribution in [0.15, 0.2) is 12.2 Å². The molecule has 0 saturated carbocycles. The summed E-state index contributed by atoms with van der Waals surface area (Å²) < 4.78 is 4.88. The highest BCUT2D eigenvalue weighted by molar-refractivity contribution is 9.09. The van der Waals surface area contributed by atoms with E-state index in [1.807, 2.05) is 6.92 Å². The summed E-state index contributed by atoms with van der Waals surface area (Å²) in [6.45, 7) is 6.89. The van der Waals surface area contributed by atoms with E-state index in [4.69, 9.17) is 4.74 Å². The van der Waals surface area contributed by atoms with Crippen molar-refractivity contribution < 1.29 is 9.53 Å². The Morgan fingerprint density at radius 1 is 1.70 bits per heavy atom. The summed E-state index contributed by atoms with van der Waals surface area (Å²) in [4.78, 5) is 10.4. The fourth-order valence-corrected chi connectivity index (χ4v) is 1.15. The van der Waals surface area contributed by atoms with Crippen molar-refractivity contribution in [1.82, 2.24) is 0 Å². The molecule has 0 aromatic rings. The average Bonchev–Trinajstić information content (AvgIpc) is 1.81. The first-order valence-corrected chi connectivity index (χ1v) is 4.08. The Bertz CT molecular complexity index is 143. The molecule has 0 fully saturated rings. The van der Waals surface area contributed by atoms with Crippen LogP contribution in [0.3, 0.4) is 0 Å². The highest BCUT2D eigenvalue weighted by Gasteiger charge is 2.09. The van der Waals surface area contributed by atoms with Crippen LogP contribution in [0.2, 0.25) is 0 Å². The summed E-state index contributed by atoms with van der Waals surface area (Å²) in [6.07, 6.45) is -0.183. The number of alkyl halides is 1. The van der Waals surface area contributed by atoms with E-state index in [2.05, 4.69) is 22.5 Å². The van der Waals surface area contributed by atoms with Crippen LogP contribution in [-0.2, 0) is 9.53 Å². The molecular weight excluding hydrogens is 196 g/mol. The van der Waals surface area contributed by atoms with Crippen molar-refractivity contribution in [3.05, 3.63) is 12.2 Å². The molecule has 1 atom stereocenters. The van der Waals surface area contributed by atoms with Crippen LogP contribution in [0.5, 0.6) is 0 Å².